The maximum atomic E-state index is 12.2. The first-order chi connectivity index (χ1) is 10.8. The summed E-state index contributed by atoms with van der Waals surface area (Å²) in [6.07, 6.45) is 5.02. The number of nitrogens with zero attached hydrogens (tertiary/aromatic N) is 3. The van der Waals surface area contributed by atoms with E-state index in [2.05, 4.69) is 14.8 Å². The average molecular weight is 333 g/mol. The lowest BCUT2D eigenvalue weighted by molar-refractivity contribution is 0.627. The Hall–Kier alpha value is -1.14. The summed E-state index contributed by atoms with van der Waals surface area (Å²) < 4.78 is 14.6. The number of rotatable bonds is 7. The van der Waals surface area contributed by atoms with Crippen LogP contribution in [0.15, 0.2) is 40.4 Å². The Morgan fingerprint density at radius 2 is 1.91 bits per heavy atom. The van der Waals surface area contributed by atoms with Gasteiger partial charge in [0.15, 0.2) is 5.16 Å². The smallest absolute Gasteiger partial charge is 0.191 e. The van der Waals surface area contributed by atoms with E-state index in [-0.39, 0.29) is 0 Å². The van der Waals surface area contributed by atoms with Crippen LogP contribution in [-0.2, 0) is 10.8 Å². The van der Waals surface area contributed by atoms with Gasteiger partial charge in [-0.3, -0.25) is 4.21 Å². The maximum absolute atomic E-state index is 12.2. The minimum Gasteiger partial charge on any atom is -0.303 e. The molecule has 1 unspecified atom stereocenters. The quantitative estimate of drug-likeness (QED) is 0.729. The van der Waals surface area contributed by atoms with Gasteiger partial charge in [0.25, 0.3) is 0 Å². The van der Waals surface area contributed by atoms with E-state index in [4.69, 9.17) is 0 Å². The van der Waals surface area contributed by atoms with Crippen molar-refractivity contribution in [3.8, 4) is 0 Å². The molecule has 1 aromatic heterocycles. The molecule has 2 aromatic rings. The lowest BCUT2D eigenvalue weighted by Crippen LogP contribution is -2.04. The lowest BCUT2D eigenvalue weighted by atomic mass is 10.4. The predicted molar refractivity (Wildman–Crippen MR) is 88.7 cm³/mol. The first kappa shape index (κ1) is 14.5. The summed E-state index contributed by atoms with van der Waals surface area (Å²) in [5.41, 5.74) is 0. The molecule has 1 aromatic carbocycles. The van der Waals surface area contributed by atoms with Crippen LogP contribution in [0.5, 0.6) is 0 Å². The van der Waals surface area contributed by atoms with Crippen LogP contribution in [0.4, 0.5) is 0 Å². The number of benzene rings is 1. The molecule has 0 N–H and O–H groups in total. The largest absolute Gasteiger partial charge is 0.303 e. The fourth-order valence-corrected chi connectivity index (χ4v) is 4.88. The standard InChI is InChI=1S/C16H19N3OS2/c20-22(14-4-2-1-3-5-14)11-10-21-16-18-17-15(12-6-7-12)19(16)13-8-9-13/h1-5,12-13H,6-11H2. The number of aromatic nitrogens is 3. The summed E-state index contributed by atoms with van der Waals surface area (Å²) in [4.78, 5) is 0.908. The molecule has 22 heavy (non-hydrogen) atoms. The zero-order valence-corrected chi connectivity index (χ0v) is 14.0. The SMILES string of the molecule is O=S(CCSc1nnc(C2CC2)n1C1CC1)c1ccccc1. The van der Waals surface area contributed by atoms with Crippen LogP contribution in [0, 0.1) is 0 Å². The Morgan fingerprint density at radius 1 is 1.14 bits per heavy atom. The van der Waals surface area contributed by atoms with Crippen LogP contribution in [0.2, 0.25) is 0 Å². The van der Waals surface area contributed by atoms with E-state index < -0.39 is 10.8 Å². The molecule has 2 aliphatic carbocycles. The fraction of sp³-hybridized carbons (Fsp3) is 0.500. The molecule has 1 atom stereocenters. The van der Waals surface area contributed by atoms with Gasteiger partial charge >= 0.3 is 0 Å². The number of hydrogen-bond acceptors (Lipinski definition) is 4. The predicted octanol–water partition coefficient (Wildman–Crippen LogP) is 3.39. The second-order valence-electron chi connectivity index (χ2n) is 5.93. The van der Waals surface area contributed by atoms with Crippen LogP contribution in [-0.4, -0.2) is 30.5 Å². The van der Waals surface area contributed by atoms with Crippen LogP contribution in [0.3, 0.4) is 0 Å². The van der Waals surface area contributed by atoms with E-state index in [9.17, 15) is 4.21 Å². The highest BCUT2D eigenvalue weighted by molar-refractivity contribution is 8.00. The minimum absolute atomic E-state index is 0.618. The third-order valence-electron chi connectivity index (χ3n) is 4.05. The van der Waals surface area contributed by atoms with Gasteiger partial charge in [-0.1, -0.05) is 30.0 Å². The van der Waals surface area contributed by atoms with E-state index in [0.29, 0.717) is 17.7 Å². The van der Waals surface area contributed by atoms with Gasteiger partial charge in [0, 0.05) is 28.4 Å². The number of thioether (sulfide) groups is 1. The average Bonchev–Trinajstić information content (AvgIpc) is 3.47. The van der Waals surface area contributed by atoms with Gasteiger partial charge in [-0.2, -0.15) is 0 Å². The molecule has 4 nitrogen and oxygen atoms in total. The van der Waals surface area contributed by atoms with Crippen LogP contribution in [0.25, 0.3) is 0 Å². The zero-order chi connectivity index (χ0) is 14.9. The molecule has 4 rings (SSSR count). The second kappa shape index (κ2) is 6.16. The Balaban J connectivity index is 1.39. The Bertz CT molecular complexity index is 678. The van der Waals surface area contributed by atoms with E-state index in [1.165, 1.54) is 31.5 Å². The monoisotopic (exact) mass is 333 g/mol. The first-order valence-electron chi connectivity index (χ1n) is 7.84. The molecular weight excluding hydrogens is 314 g/mol. The van der Waals surface area contributed by atoms with Crippen molar-refractivity contribution >= 4 is 22.6 Å². The fourth-order valence-electron chi connectivity index (χ4n) is 2.58. The van der Waals surface area contributed by atoms with E-state index in [1.807, 2.05) is 30.3 Å². The van der Waals surface area contributed by atoms with Gasteiger partial charge in [0.1, 0.15) is 5.82 Å². The van der Waals surface area contributed by atoms with E-state index >= 15 is 0 Å². The third-order valence-corrected chi connectivity index (χ3v) is 6.63. The molecule has 6 heteroatoms. The second-order valence-corrected chi connectivity index (χ2v) is 8.56. The van der Waals surface area contributed by atoms with E-state index in [1.54, 1.807) is 11.8 Å². The van der Waals surface area contributed by atoms with Crippen molar-refractivity contribution in [2.75, 3.05) is 11.5 Å². The molecular formula is C16H19N3OS2. The Labute approximate surface area is 137 Å². The van der Waals surface area contributed by atoms with Gasteiger partial charge in [0.05, 0.1) is 10.8 Å². The molecule has 2 fully saturated rings. The summed E-state index contributed by atoms with van der Waals surface area (Å²) >= 11 is 1.70. The summed E-state index contributed by atoms with van der Waals surface area (Å²) in [6.45, 7) is 0. The van der Waals surface area contributed by atoms with Gasteiger partial charge in [-0.15, -0.1) is 10.2 Å². The highest BCUT2D eigenvalue weighted by Crippen LogP contribution is 2.45. The highest BCUT2D eigenvalue weighted by Gasteiger charge is 2.36. The zero-order valence-electron chi connectivity index (χ0n) is 12.4. The van der Waals surface area contributed by atoms with Crippen molar-refractivity contribution in [2.45, 2.75) is 47.7 Å². The molecule has 0 bridgehead atoms. The summed E-state index contributed by atoms with van der Waals surface area (Å²) in [6, 6.07) is 10.3. The van der Waals surface area contributed by atoms with Gasteiger partial charge in [-0.25, -0.2) is 0 Å². The topological polar surface area (TPSA) is 47.8 Å². The molecule has 0 saturated heterocycles. The first-order valence-corrected chi connectivity index (χ1v) is 10.1. The molecule has 0 aliphatic heterocycles. The number of hydrogen-bond donors (Lipinski definition) is 0. The minimum atomic E-state index is -0.927. The molecule has 0 amide bonds. The van der Waals surface area contributed by atoms with Crippen molar-refractivity contribution in [3.63, 3.8) is 0 Å². The Kier molecular flexibility index (Phi) is 4.05. The normalized spacial score (nSPS) is 19.3. The summed E-state index contributed by atoms with van der Waals surface area (Å²) in [5, 5.41) is 9.82. The van der Waals surface area contributed by atoms with Crippen LogP contribution < -0.4 is 0 Å². The van der Waals surface area contributed by atoms with Crippen molar-refractivity contribution in [1.29, 1.82) is 0 Å². The van der Waals surface area contributed by atoms with E-state index in [0.717, 1.165) is 15.8 Å². The molecule has 2 saturated carbocycles. The molecule has 0 radical (unpaired) electrons. The molecule has 2 aliphatic rings. The summed E-state index contributed by atoms with van der Waals surface area (Å²) in [5.74, 6) is 3.30. The molecule has 116 valence electrons. The highest BCUT2D eigenvalue weighted by atomic mass is 32.2. The van der Waals surface area contributed by atoms with Crippen molar-refractivity contribution in [1.82, 2.24) is 14.8 Å². The van der Waals surface area contributed by atoms with Gasteiger partial charge in [-0.05, 0) is 37.8 Å². The molecule has 1 heterocycles. The third kappa shape index (κ3) is 3.13. The van der Waals surface area contributed by atoms with Crippen LogP contribution in [0.1, 0.15) is 43.5 Å². The van der Waals surface area contributed by atoms with Crippen molar-refractivity contribution in [2.24, 2.45) is 0 Å². The maximum Gasteiger partial charge on any atom is 0.191 e. The summed E-state index contributed by atoms with van der Waals surface area (Å²) in [7, 11) is -0.927. The molecule has 0 spiro atoms. The van der Waals surface area contributed by atoms with Crippen molar-refractivity contribution in [3.05, 3.63) is 36.2 Å². The van der Waals surface area contributed by atoms with Gasteiger partial charge in [0.2, 0.25) is 0 Å². The van der Waals surface area contributed by atoms with Crippen molar-refractivity contribution < 1.29 is 4.21 Å². The Morgan fingerprint density at radius 3 is 2.59 bits per heavy atom. The lowest BCUT2D eigenvalue weighted by Gasteiger charge is -2.08. The van der Waals surface area contributed by atoms with Crippen LogP contribution >= 0.6 is 11.8 Å². The van der Waals surface area contributed by atoms with Gasteiger partial charge < -0.3 is 4.57 Å².